The van der Waals surface area contributed by atoms with E-state index in [9.17, 15) is 4.79 Å². The van der Waals surface area contributed by atoms with Gasteiger partial charge in [0.25, 0.3) is 0 Å². The molecule has 0 spiro atoms. The topological polar surface area (TPSA) is 49.3 Å². The van der Waals surface area contributed by atoms with Gasteiger partial charge in [0, 0.05) is 6.04 Å². The second-order valence-electron chi connectivity index (χ2n) is 3.89. The smallest absolute Gasteiger partial charge is 0.321 e. The molecule has 3 nitrogen and oxygen atoms in total. The Morgan fingerprint density at radius 2 is 2.12 bits per heavy atom. The molecule has 0 heterocycles. The number of aliphatic carboxylic acids is 1. The molecule has 0 aromatic rings. The summed E-state index contributed by atoms with van der Waals surface area (Å²) in [7, 11) is 0. The van der Waals surface area contributed by atoms with Gasteiger partial charge in [0.15, 0.2) is 0 Å². The summed E-state index contributed by atoms with van der Waals surface area (Å²) in [6, 6.07) is -0.404. The summed E-state index contributed by atoms with van der Waals surface area (Å²) in [4.78, 5) is 11.0. The second kappa shape index (κ2) is 7.88. The predicted molar refractivity (Wildman–Crippen MR) is 67.4 cm³/mol. The van der Waals surface area contributed by atoms with Gasteiger partial charge in [0.1, 0.15) is 6.04 Å². The molecular weight excluding hydrogens is 202 g/mol. The van der Waals surface area contributed by atoms with Crippen molar-refractivity contribution in [2.45, 2.75) is 39.3 Å². The Hall–Kier alpha value is -1.35. The van der Waals surface area contributed by atoms with E-state index in [0.717, 1.165) is 5.57 Å². The summed E-state index contributed by atoms with van der Waals surface area (Å²) in [6.45, 7) is 9.39. The molecular formula is C13H21NO2. The van der Waals surface area contributed by atoms with Crippen LogP contribution >= 0.6 is 0 Å². The van der Waals surface area contributed by atoms with Crippen LogP contribution in [0.4, 0.5) is 0 Å². The lowest BCUT2D eigenvalue weighted by Gasteiger charge is -2.17. The monoisotopic (exact) mass is 223 g/mol. The number of nitrogens with one attached hydrogen (secondary N) is 1. The molecule has 0 rings (SSSR count). The Balaban J connectivity index is 4.64. The van der Waals surface area contributed by atoms with Gasteiger partial charge in [-0.05, 0) is 18.9 Å². The van der Waals surface area contributed by atoms with Crippen LogP contribution in [0.25, 0.3) is 0 Å². The molecule has 0 aromatic carbocycles. The number of allylic oxidation sites excluding steroid dienone is 4. The predicted octanol–water partition coefficient (Wildman–Crippen LogP) is 2.52. The maximum atomic E-state index is 11.0. The van der Waals surface area contributed by atoms with Gasteiger partial charge in [-0.3, -0.25) is 4.79 Å². The van der Waals surface area contributed by atoms with Gasteiger partial charge in [-0.2, -0.15) is 0 Å². The zero-order valence-electron chi connectivity index (χ0n) is 10.2. The van der Waals surface area contributed by atoms with Crippen molar-refractivity contribution in [3.8, 4) is 0 Å². The van der Waals surface area contributed by atoms with Crippen LogP contribution in [0.2, 0.25) is 0 Å². The van der Waals surface area contributed by atoms with E-state index >= 15 is 0 Å². The lowest BCUT2D eigenvalue weighted by Crippen LogP contribution is -2.40. The lowest BCUT2D eigenvalue weighted by molar-refractivity contribution is -0.139. The van der Waals surface area contributed by atoms with Crippen LogP contribution in [0.1, 0.15) is 27.2 Å². The summed E-state index contributed by atoms with van der Waals surface area (Å²) in [5.74, 6) is -0.826. The number of hydrogen-bond donors (Lipinski definition) is 2. The molecule has 2 N–H and O–H groups in total. The van der Waals surface area contributed by atoms with Crippen LogP contribution in [0.15, 0.2) is 36.5 Å². The molecule has 0 aromatic heterocycles. The van der Waals surface area contributed by atoms with Crippen LogP contribution in [0.5, 0.6) is 0 Å². The fraction of sp³-hybridized carbons (Fsp3) is 0.462. The number of rotatable bonds is 7. The lowest BCUT2D eigenvalue weighted by atomic mass is 10.0. The molecule has 16 heavy (non-hydrogen) atoms. The molecule has 0 aliphatic rings. The second-order valence-corrected chi connectivity index (χ2v) is 3.89. The van der Waals surface area contributed by atoms with E-state index in [1.54, 1.807) is 6.08 Å². The van der Waals surface area contributed by atoms with Crippen LogP contribution in [-0.2, 0) is 4.79 Å². The van der Waals surface area contributed by atoms with Gasteiger partial charge in [0.05, 0.1) is 0 Å². The molecule has 0 saturated heterocycles. The van der Waals surface area contributed by atoms with Crippen molar-refractivity contribution < 1.29 is 9.90 Å². The van der Waals surface area contributed by atoms with Gasteiger partial charge in [-0.25, -0.2) is 0 Å². The Kier molecular flexibility index (Phi) is 7.21. The molecule has 1 unspecified atom stereocenters. The summed E-state index contributed by atoms with van der Waals surface area (Å²) < 4.78 is 0. The van der Waals surface area contributed by atoms with Crippen LogP contribution < -0.4 is 5.32 Å². The molecule has 90 valence electrons. The third kappa shape index (κ3) is 6.19. The molecule has 0 saturated carbocycles. The van der Waals surface area contributed by atoms with E-state index in [2.05, 4.69) is 11.9 Å². The van der Waals surface area contributed by atoms with E-state index in [1.165, 1.54) is 0 Å². The van der Waals surface area contributed by atoms with E-state index in [1.807, 2.05) is 39.0 Å². The number of hydrogen-bond acceptors (Lipinski definition) is 2. The normalized spacial score (nSPS) is 14.4. The molecule has 0 aliphatic carbocycles. The van der Waals surface area contributed by atoms with E-state index < -0.39 is 12.0 Å². The fourth-order valence-corrected chi connectivity index (χ4v) is 1.41. The first-order chi connectivity index (χ1) is 7.51. The molecule has 0 aliphatic heterocycles. The molecule has 3 heteroatoms. The van der Waals surface area contributed by atoms with E-state index in [-0.39, 0.29) is 6.04 Å². The minimum absolute atomic E-state index is 0.150. The Morgan fingerprint density at radius 1 is 1.50 bits per heavy atom. The first kappa shape index (κ1) is 14.6. The molecule has 0 radical (unpaired) electrons. The highest BCUT2D eigenvalue weighted by Crippen LogP contribution is 2.09. The van der Waals surface area contributed by atoms with Crippen molar-refractivity contribution >= 4 is 5.97 Å². The average molecular weight is 223 g/mol. The van der Waals surface area contributed by atoms with Crippen LogP contribution in [0.3, 0.4) is 0 Å². The van der Waals surface area contributed by atoms with Crippen molar-refractivity contribution in [3.05, 3.63) is 36.5 Å². The maximum absolute atomic E-state index is 11.0. The van der Waals surface area contributed by atoms with E-state index in [0.29, 0.717) is 6.42 Å². The molecule has 0 bridgehead atoms. The first-order valence-corrected chi connectivity index (χ1v) is 5.44. The van der Waals surface area contributed by atoms with Crippen molar-refractivity contribution in [3.63, 3.8) is 0 Å². The third-order valence-electron chi connectivity index (χ3n) is 1.99. The van der Waals surface area contributed by atoms with Gasteiger partial charge < -0.3 is 10.4 Å². The summed E-state index contributed by atoms with van der Waals surface area (Å²) in [5, 5.41) is 12.1. The van der Waals surface area contributed by atoms with Gasteiger partial charge in [-0.15, -0.1) is 0 Å². The van der Waals surface area contributed by atoms with Gasteiger partial charge >= 0.3 is 5.97 Å². The minimum Gasteiger partial charge on any atom is -0.480 e. The van der Waals surface area contributed by atoms with Crippen LogP contribution in [-0.4, -0.2) is 23.2 Å². The van der Waals surface area contributed by atoms with Crippen molar-refractivity contribution in [2.24, 2.45) is 0 Å². The van der Waals surface area contributed by atoms with Gasteiger partial charge in [-0.1, -0.05) is 44.7 Å². The van der Waals surface area contributed by atoms with Crippen molar-refractivity contribution in [2.75, 3.05) is 0 Å². The van der Waals surface area contributed by atoms with Crippen LogP contribution in [0, 0.1) is 0 Å². The summed E-state index contributed by atoms with van der Waals surface area (Å²) in [6.07, 6.45) is 7.76. The third-order valence-corrected chi connectivity index (χ3v) is 1.99. The molecule has 0 amide bonds. The van der Waals surface area contributed by atoms with Crippen molar-refractivity contribution in [1.29, 1.82) is 0 Å². The fourth-order valence-electron chi connectivity index (χ4n) is 1.41. The SMILES string of the molecule is C=C/C=C(\C=C/C)CC(NC(C)C)C(=O)O. The highest BCUT2D eigenvalue weighted by atomic mass is 16.4. The Labute approximate surface area is 97.6 Å². The highest BCUT2D eigenvalue weighted by molar-refractivity contribution is 5.74. The number of carboxylic acid groups (broad SMARTS) is 1. The molecule has 0 fully saturated rings. The number of carboxylic acids is 1. The number of carbonyl (C=O) groups is 1. The summed E-state index contributed by atoms with van der Waals surface area (Å²) >= 11 is 0. The zero-order valence-corrected chi connectivity index (χ0v) is 10.2. The van der Waals surface area contributed by atoms with E-state index in [4.69, 9.17) is 5.11 Å². The maximum Gasteiger partial charge on any atom is 0.321 e. The minimum atomic E-state index is -0.826. The quantitative estimate of drug-likeness (QED) is 0.652. The highest BCUT2D eigenvalue weighted by Gasteiger charge is 2.18. The van der Waals surface area contributed by atoms with Crippen molar-refractivity contribution in [1.82, 2.24) is 5.32 Å². The summed E-state index contributed by atoms with van der Waals surface area (Å²) in [5.41, 5.74) is 0.957. The average Bonchev–Trinajstić information content (AvgIpc) is 2.16. The first-order valence-electron chi connectivity index (χ1n) is 5.44. The zero-order chi connectivity index (χ0) is 12.6. The largest absolute Gasteiger partial charge is 0.480 e. The standard InChI is InChI=1S/C13H21NO2/c1-5-7-11(8-6-2)9-12(13(15)16)14-10(3)4/h5-8,10,12,14H,1,9H2,2-4H3,(H,15,16)/b8-6-,11-7+. The Morgan fingerprint density at radius 3 is 2.50 bits per heavy atom. The Bertz CT molecular complexity index is 290. The van der Waals surface area contributed by atoms with Gasteiger partial charge in [0.2, 0.25) is 0 Å². The molecule has 1 atom stereocenters.